The van der Waals surface area contributed by atoms with E-state index in [1.807, 2.05) is 54.3 Å². The minimum atomic E-state index is -0.395. The smallest absolute Gasteiger partial charge is 0.293 e. The van der Waals surface area contributed by atoms with Crippen molar-refractivity contribution in [1.82, 2.24) is 4.98 Å². The minimum Gasteiger partial charge on any atom is -0.494 e. The van der Waals surface area contributed by atoms with Crippen molar-refractivity contribution in [2.24, 2.45) is 0 Å². The molecule has 0 spiro atoms. The van der Waals surface area contributed by atoms with Gasteiger partial charge in [-0.2, -0.15) is 0 Å². The number of ether oxygens (including phenoxy) is 1. The van der Waals surface area contributed by atoms with Crippen molar-refractivity contribution in [2.75, 3.05) is 30.0 Å². The molecule has 0 unspecified atom stereocenters. The van der Waals surface area contributed by atoms with E-state index in [2.05, 4.69) is 0 Å². The van der Waals surface area contributed by atoms with Crippen LogP contribution in [0.5, 0.6) is 5.75 Å². The summed E-state index contributed by atoms with van der Waals surface area (Å²) in [4.78, 5) is 34.0. The van der Waals surface area contributed by atoms with Gasteiger partial charge in [-0.25, -0.2) is 4.98 Å². The molecule has 0 radical (unpaired) electrons. The Kier molecular flexibility index (Phi) is 7.05. The Balaban J connectivity index is 1.58. The van der Waals surface area contributed by atoms with Crippen molar-refractivity contribution in [2.45, 2.75) is 32.7 Å². The number of hydrogen-bond donors (Lipinski definition) is 0. The summed E-state index contributed by atoms with van der Waals surface area (Å²) in [5.41, 5.74) is 3.43. The molecular weight excluding hydrogens is 488 g/mol. The number of aromatic nitrogens is 1. The summed E-state index contributed by atoms with van der Waals surface area (Å²) in [5.74, 6) is 0.296. The lowest BCUT2D eigenvalue weighted by atomic mass is 10.1. The molecule has 8 nitrogen and oxygen atoms in total. The van der Waals surface area contributed by atoms with Gasteiger partial charge in [-0.15, -0.1) is 0 Å². The van der Waals surface area contributed by atoms with Crippen LogP contribution in [0.1, 0.15) is 40.7 Å². The Morgan fingerprint density at radius 2 is 1.86 bits per heavy atom. The molecule has 37 heavy (non-hydrogen) atoms. The Hall–Kier alpha value is -3.98. The van der Waals surface area contributed by atoms with Crippen LogP contribution in [-0.2, 0) is 6.54 Å². The summed E-state index contributed by atoms with van der Waals surface area (Å²) in [7, 11) is 1.60. The molecule has 9 heteroatoms. The molecule has 1 aliphatic rings. The molecule has 0 saturated carbocycles. The first kappa shape index (κ1) is 24.7. The Bertz CT molecular complexity index is 1450. The average Bonchev–Trinajstić information content (AvgIpc) is 3.38. The van der Waals surface area contributed by atoms with E-state index in [1.54, 1.807) is 24.1 Å². The van der Waals surface area contributed by atoms with Crippen LogP contribution in [-0.4, -0.2) is 36.0 Å². The fourth-order valence-electron chi connectivity index (χ4n) is 4.73. The van der Waals surface area contributed by atoms with Gasteiger partial charge in [-0.05, 0) is 55.5 Å². The molecule has 0 N–H and O–H groups in total. The van der Waals surface area contributed by atoms with Crippen LogP contribution in [0.3, 0.4) is 0 Å². The van der Waals surface area contributed by atoms with Gasteiger partial charge in [0.05, 0.1) is 23.3 Å². The first-order valence-electron chi connectivity index (χ1n) is 12.3. The number of methoxy groups -OCH3 is 1. The van der Waals surface area contributed by atoms with Crippen molar-refractivity contribution in [1.29, 1.82) is 0 Å². The van der Waals surface area contributed by atoms with Gasteiger partial charge < -0.3 is 9.64 Å². The second-order valence-electron chi connectivity index (χ2n) is 9.14. The van der Waals surface area contributed by atoms with Gasteiger partial charge in [-0.1, -0.05) is 47.7 Å². The summed E-state index contributed by atoms with van der Waals surface area (Å²) >= 11 is 1.41. The fourth-order valence-corrected chi connectivity index (χ4v) is 5.78. The maximum Gasteiger partial charge on any atom is 0.293 e. The zero-order valence-electron chi connectivity index (χ0n) is 20.8. The number of hydrogen-bond acceptors (Lipinski definition) is 7. The number of fused-ring (bicyclic) bond motifs is 1. The van der Waals surface area contributed by atoms with Gasteiger partial charge in [0, 0.05) is 24.7 Å². The van der Waals surface area contributed by atoms with E-state index in [1.165, 1.54) is 17.4 Å². The Labute approximate surface area is 219 Å². The number of anilines is 2. The fraction of sp³-hybridized carbons (Fsp3) is 0.286. The third kappa shape index (κ3) is 4.99. The minimum absolute atomic E-state index is 0.0470. The molecule has 190 valence electrons. The molecule has 4 aromatic rings. The number of amides is 1. The van der Waals surface area contributed by atoms with E-state index in [9.17, 15) is 14.9 Å². The van der Waals surface area contributed by atoms with Crippen LogP contribution in [0.4, 0.5) is 16.5 Å². The molecule has 0 atom stereocenters. The van der Waals surface area contributed by atoms with Crippen LogP contribution in [0.15, 0.2) is 60.7 Å². The second kappa shape index (κ2) is 10.6. The monoisotopic (exact) mass is 516 g/mol. The highest BCUT2D eigenvalue weighted by atomic mass is 32.1. The molecule has 5 rings (SSSR count). The lowest BCUT2D eigenvalue weighted by Gasteiger charge is -2.28. The number of thiazole rings is 1. The highest BCUT2D eigenvalue weighted by Gasteiger charge is 2.27. The largest absolute Gasteiger partial charge is 0.494 e. The summed E-state index contributed by atoms with van der Waals surface area (Å²) in [6, 6.07) is 18.3. The summed E-state index contributed by atoms with van der Waals surface area (Å²) in [6.07, 6.45) is 3.13. The third-order valence-corrected chi connectivity index (χ3v) is 7.90. The first-order chi connectivity index (χ1) is 18.0. The van der Waals surface area contributed by atoms with Crippen molar-refractivity contribution >= 4 is 44.0 Å². The van der Waals surface area contributed by atoms with E-state index >= 15 is 0 Å². The van der Waals surface area contributed by atoms with Crippen LogP contribution in [0.25, 0.3) is 10.2 Å². The number of piperidine rings is 1. The standard InChI is InChI=1S/C28H28N4O4S/c1-19-11-14-24(36-2)25-26(19)37-28(29-25)31(18-20-9-5-3-6-10-20)27(33)21-12-13-22(23(17-21)32(34)35)30-15-7-4-8-16-30/h3,5-6,9-14,17H,4,7-8,15-16,18H2,1-2H3. The van der Waals surface area contributed by atoms with E-state index in [-0.39, 0.29) is 23.7 Å². The van der Waals surface area contributed by atoms with Crippen LogP contribution in [0.2, 0.25) is 0 Å². The SMILES string of the molecule is COc1ccc(C)c2sc(N(Cc3ccccc3)C(=O)c3ccc(N4CCCCC4)c([N+](=O)[O-])c3)nc12. The van der Waals surface area contributed by atoms with Gasteiger partial charge in [0.25, 0.3) is 11.6 Å². The average molecular weight is 517 g/mol. The lowest BCUT2D eigenvalue weighted by Crippen LogP contribution is -2.31. The van der Waals surface area contributed by atoms with Crippen molar-refractivity contribution in [3.05, 3.63) is 87.5 Å². The van der Waals surface area contributed by atoms with E-state index in [0.717, 1.165) is 48.2 Å². The van der Waals surface area contributed by atoms with Crippen LogP contribution < -0.4 is 14.5 Å². The molecule has 1 saturated heterocycles. The van der Waals surface area contributed by atoms with Crippen molar-refractivity contribution in [3.63, 3.8) is 0 Å². The number of nitro benzene ring substituents is 1. The number of nitro groups is 1. The summed E-state index contributed by atoms with van der Waals surface area (Å²) < 4.78 is 6.45. The number of benzene rings is 3. The zero-order valence-corrected chi connectivity index (χ0v) is 21.7. The van der Waals surface area contributed by atoms with Gasteiger partial charge >= 0.3 is 0 Å². The number of nitrogens with zero attached hydrogens (tertiary/aromatic N) is 4. The van der Waals surface area contributed by atoms with Gasteiger partial charge in [-0.3, -0.25) is 19.8 Å². The van der Waals surface area contributed by atoms with E-state index in [0.29, 0.717) is 22.1 Å². The molecule has 3 aromatic carbocycles. The number of carbonyl (C=O) groups is 1. The van der Waals surface area contributed by atoms with Gasteiger partial charge in [0.15, 0.2) is 5.13 Å². The van der Waals surface area contributed by atoms with Gasteiger partial charge in [0.2, 0.25) is 0 Å². The third-order valence-electron chi connectivity index (χ3n) is 6.69. The predicted molar refractivity (Wildman–Crippen MR) is 147 cm³/mol. The quantitative estimate of drug-likeness (QED) is 0.210. The number of aryl methyl sites for hydroxylation is 1. The number of rotatable bonds is 7. The van der Waals surface area contributed by atoms with E-state index in [4.69, 9.17) is 9.72 Å². The van der Waals surface area contributed by atoms with Gasteiger partial charge in [0.1, 0.15) is 17.0 Å². The van der Waals surface area contributed by atoms with Crippen molar-refractivity contribution < 1.29 is 14.5 Å². The van der Waals surface area contributed by atoms with Crippen molar-refractivity contribution in [3.8, 4) is 5.75 Å². The lowest BCUT2D eigenvalue weighted by molar-refractivity contribution is -0.384. The molecular formula is C28H28N4O4S. The van der Waals surface area contributed by atoms with E-state index < -0.39 is 4.92 Å². The molecule has 1 aromatic heterocycles. The molecule has 1 aliphatic heterocycles. The zero-order chi connectivity index (χ0) is 25.9. The summed E-state index contributed by atoms with van der Waals surface area (Å²) in [5, 5.41) is 12.5. The highest BCUT2D eigenvalue weighted by Crippen LogP contribution is 2.38. The molecule has 1 amide bonds. The second-order valence-corrected chi connectivity index (χ2v) is 10.1. The predicted octanol–water partition coefficient (Wildman–Crippen LogP) is 6.36. The Morgan fingerprint density at radius 1 is 1.11 bits per heavy atom. The van der Waals surface area contributed by atoms with Crippen LogP contribution >= 0.6 is 11.3 Å². The Morgan fingerprint density at radius 3 is 2.57 bits per heavy atom. The normalized spacial score (nSPS) is 13.5. The summed E-state index contributed by atoms with van der Waals surface area (Å²) in [6.45, 7) is 3.83. The van der Waals surface area contributed by atoms with Crippen LogP contribution in [0, 0.1) is 17.0 Å². The molecule has 1 fully saturated rings. The topological polar surface area (TPSA) is 88.8 Å². The highest BCUT2D eigenvalue weighted by molar-refractivity contribution is 7.22. The molecule has 0 bridgehead atoms. The maximum absolute atomic E-state index is 14.0. The molecule has 2 heterocycles. The molecule has 0 aliphatic carbocycles. The first-order valence-corrected chi connectivity index (χ1v) is 13.1. The maximum atomic E-state index is 14.0. The number of carbonyl (C=O) groups excluding carboxylic acids is 1.